The summed E-state index contributed by atoms with van der Waals surface area (Å²) in [7, 11) is 0. The van der Waals surface area contributed by atoms with Crippen LogP contribution in [0, 0.1) is 13.8 Å². The molecule has 2 atom stereocenters. The van der Waals surface area contributed by atoms with Gasteiger partial charge in [0.2, 0.25) is 0 Å². The molecule has 0 saturated carbocycles. The van der Waals surface area contributed by atoms with Crippen molar-refractivity contribution >= 4 is 23.2 Å². The lowest BCUT2D eigenvalue weighted by Crippen LogP contribution is -2.55. The van der Waals surface area contributed by atoms with Gasteiger partial charge in [0, 0.05) is 19.2 Å². The fraction of sp³-hybridized carbons (Fsp3) is 0.529. The Kier molecular flexibility index (Phi) is 5.38. The van der Waals surface area contributed by atoms with E-state index < -0.39 is 18.1 Å². The molecule has 9 heteroatoms. The molecular weight excluding hydrogens is 356 g/mol. The molecule has 1 aliphatic heterocycles. The molecule has 1 fully saturated rings. The predicted molar refractivity (Wildman–Crippen MR) is 95.3 cm³/mol. The Morgan fingerprint density at radius 2 is 2.23 bits per heavy atom. The maximum Gasteiger partial charge on any atom is 0.273 e. The van der Waals surface area contributed by atoms with Crippen LogP contribution in [0.1, 0.15) is 50.0 Å². The highest BCUT2D eigenvalue weighted by atomic mass is 32.1. The fourth-order valence-corrected chi connectivity index (χ4v) is 3.92. The van der Waals surface area contributed by atoms with Crippen molar-refractivity contribution in [1.82, 2.24) is 20.4 Å². The summed E-state index contributed by atoms with van der Waals surface area (Å²) in [4.78, 5) is 31.5. The zero-order valence-corrected chi connectivity index (χ0v) is 15.8. The molecule has 3 heterocycles. The summed E-state index contributed by atoms with van der Waals surface area (Å²) in [5.41, 5.74) is 0.906. The number of aliphatic hydroxyl groups excluding tert-OH is 1. The maximum absolute atomic E-state index is 12.7. The smallest absolute Gasteiger partial charge is 0.273 e. The molecule has 0 spiro atoms. The number of aromatic nitrogens is 2. The lowest BCUT2D eigenvalue weighted by molar-refractivity contribution is 0.0316. The van der Waals surface area contributed by atoms with E-state index in [4.69, 9.17) is 4.52 Å². The summed E-state index contributed by atoms with van der Waals surface area (Å²) in [6.07, 6.45) is 0.411. The van der Waals surface area contributed by atoms with Gasteiger partial charge in [-0.15, -0.1) is 11.3 Å². The third-order valence-corrected chi connectivity index (χ3v) is 5.67. The summed E-state index contributed by atoms with van der Waals surface area (Å²) < 4.78 is 4.89. The Morgan fingerprint density at radius 3 is 2.81 bits per heavy atom. The van der Waals surface area contributed by atoms with Crippen LogP contribution in [0.15, 0.2) is 10.6 Å². The van der Waals surface area contributed by atoms with Gasteiger partial charge in [0.1, 0.15) is 10.6 Å². The summed E-state index contributed by atoms with van der Waals surface area (Å²) in [6, 6.07) is 1.11. The first-order chi connectivity index (χ1) is 12.4. The molecule has 1 saturated heterocycles. The number of rotatable bonds is 4. The largest absolute Gasteiger partial charge is 0.389 e. The van der Waals surface area contributed by atoms with Crippen molar-refractivity contribution in [2.75, 3.05) is 13.1 Å². The summed E-state index contributed by atoms with van der Waals surface area (Å²) in [5.74, 6) is 0.0368. The molecule has 2 amide bonds. The SMILES string of the molecule is CCc1nc(C)c(C(=O)N2CC[C@@H](NC(=O)c3cc(C)on3)[C@H](O)C2)s1. The second kappa shape index (κ2) is 7.55. The number of amides is 2. The second-order valence-corrected chi connectivity index (χ2v) is 7.47. The van der Waals surface area contributed by atoms with Gasteiger partial charge in [0.25, 0.3) is 11.8 Å². The van der Waals surface area contributed by atoms with Crippen LogP contribution < -0.4 is 5.32 Å². The van der Waals surface area contributed by atoms with Crippen LogP contribution in [0.3, 0.4) is 0 Å². The molecule has 140 valence electrons. The number of β-amino-alcohol motifs (C(OH)–C–C–N with tert-alkyl or cyclic N) is 1. The molecule has 1 aliphatic rings. The van der Waals surface area contributed by atoms with Gasteiger partial charge >= 0.3 is 0 Å². The lowest BCUT2D eigenvalue weighted by atomic mass is 10.0. The highest BCUT2D eigenvalue weighted by Crippen LogP contribution is 2.23. The van der Waals surface area contributed by atoms with Crippen molar-refractivity contribution in [1.29, 1.82) is 0 Å². The van der Waals surface area contributed by atoms with Crippen molar-refractivity contribution in [2.24, 2.45) is 0 Å². The van der Waals surface area contributed by atoms with Gasteiger partial charge in [0.15, 0.2) is 5.69 Å². The third kappa shape index (κ3) is 3.78. The minimum Gasteiger partial charge on any atom is -0.389 e. The van der Waals surface area contributed by atoms with E-state index in [1.807, 2.05) is 13.8 Å². The molecule has 2 aromatic rings. The zero-order valence-electron chi connectivity index (χ0n) is 15.0. The zero-order chi connectivity index (χ0) is 18.8. The Bertz CT molecular complexity index is 816. The Hall–Kier alpha value is -2.26. The number of likely N-dealkylation sites (tertiary alicyclic amines) is 1. The van der Waals surface area contributed by atoms with Crippen LogP contribution >= 0.6 is 11.3 Å². The number of thiazole rings is 1. The van der Waals surface area contributed by atoms with E-state index in [-0.39, 0.29) is 18.1 Å². The molecule has 0 bridgehead atoms. The van der Waals surface area contributed by atoms with Crippen LogP contribution in [0.5, 0.6) is 0 Å². The van der Waals surface area contributed by atoms with E-state index in [0.29, 0.717) is 23.6 Å². The molecule has 8 nitrogen and oxygen atoms in total. The van der Waals surface area contributed by atoms with E-state index in [2.05, 4.69) is 15.5 Å². The van der Waals surface area contributed by atoms with E-state index >= 15 is 0 Å². The predicted octanol–water partition coefficient (Wildman–Crippen LogP) is 1.32. The number of aryl methyl sites for hydroxylation is 3. The highest BCUT2D eigenvalue weighted by Gasteiger charge is 2.33. The first-order valence-corrected chi connectivity index (χ1v) is 9.38. The topological polar surface area (TPSA) is 109 Å². The molecular formula is C17H22N4O4S. The average Bonchev–Trinajstić information content (AvgIpc) is 3.21. The quantitative estimate of drug-likeness (QED) is 0.830. The summed E-state index contributed by atoms with van der Waals surface area (Å²) in [6.45, 7) is 6.15. The first-order valence-electron chi connectivity index (χ1n) is 8.56. The third-order valence-electron chi connectivity index (χ3n) is 4.38. The van der Waals surface area contributed by atoms with Crippen LogP contribution in [-0.4, -0.2) is 57.2 Å². The number of aliphatic hydroxyl groups is 1. The van der Waals surface area contributed by atoms with Crippen LogP contribution in [0.25, 0.3) is 0 Å². The Labute approximate surface area is 155 Å². The van der Waals surface area contributed by atoms with Gasteiger partial charge in [-0.2, -0.15) is 0 Å². The van der Waals surface area contributed by atoms with Gasteiger partial charge in [-0.3, -0.25) is 9.59 Å². The fourth-order valence-electron chi connectivity index (χ4n) is 2.95. The lowest BCUT2D eigenvalue weighted by Gasteiger charge is -2.36. The first kappa shape index (κ1) is 18.5. The Balaban J connectivity index is 1.61. The number of hydrogen-bond donors (Lipinski definition) is 2. The van der Waals surface area contributed by atoms with Gasteiger partial charge in [-0.1, -0.05) is 12.1 Å². The molecule has 0 radical (unpaired) electrons. The van der Waals surface area contributed by atoms with E-state index in [1.54, 1.807) is 11.8 Å². The molecule has 0 aromatic carbocycles. The summed E-state index contributed by atoms with van der Waals surface area (Å²) >= 11 is 1.40. The molecule has 3 rings (SSSR count). The normalized spacial score (nSPS) is 20.2. The van der Waals surface area contributed by atoms with E-state index in [1.165, 1.54) is 17.4 Å². The van der Waals surface area contributed by atoms with Crippen molar-refractivity contribution in [2.45, 2.75) is 45.8 Å². The van der Waals surface area contributed by atoms with Crippen LogP contribution in [0.2, 0.25) is 0 Å². The van der Waals surface area contributed by atoms with Crippen molar-refractivity contribution in [3.05, 3.63) is 33.1 Å². The standard InChI is InChI=1S/C17H22N4O4S/c1-4-14-18-10(3)15(26-14)17(24)21-6-5-11(13(22)8-21)19-16(23)12-7-9(2)25-20-12/h7,11,13,22H,4-6,8H2,1-3H3,(H,19,23)/t11-,13-/m1/s1. The highest BCUT2D eigenvalue weighted by molar-refractivity contribution is 7.13. The minimum atomic E-state index is -0.844. The van der Waals surface area contributed by atoms with Crippen molar-refractivity contribution < 1.29 is 19.2 Å². The molecule has 2 aromatic heterocycles. The number of carbonyl (C=O) groups excluding carboxylic acids is 2. The number of nitrogens with zero attached hydrogens (tertiary/aromatic N) is 3. The van der Waals surface area contributed by atoms with Crippen molar-refractivity contribution in [3.63, 3.8) is 0 Å². The van der Waals surface area contributed by atoms with Crippen molar-refractivity contribution in [3.8, 4) is 0 Å². The Morgan fingerprint density at radius 1 is 1.46 bits per heavy atom. The molecule has 0 aliphatic carbocycles. The number of carbonyl (C=O) groups is 2. The van der Waals surface area contributed by atoms with Gasteiger partial charge in [-0.25, -0.2) is 4.98 Å². The van der Waals surface area contributed by atoms with Crippen LogP contribution in [-0.2, 0) is 6.42 Å². The molecule has 2 N–H and O–H groups in total. The van der Waals surface area contributed by atoms with E-state index in [9.17, 15) is 14.7 Å². The minimum absolute atomic E-state index is 0.115. The number of hydrogen-bond acceptors (Lipinski definition) is 7. The second-order valence-electron chi connectivity index (χ2n) is 6.39. The summed E-state index contributed by atoms with van der Waals surface area (Å²) in [5, 5.41) is 17.8. The maximum atomic E-state index is 12.7. The van der Waals surface area contributed by atoms with Gasteiger partial charge < -0.3 is 19.8 Å². The van der Waals surface area contributed by atoms with Crippen LogP contribution in [0.4, 0.5) is 0 Å². The molecule has 26 heavy (non-hydrogen) atoms. The number of nitrogens with one attached hydrogen (secondary N) is 1. The van der Waals surface area contributed by atoms with Gasteiger partial charge in [-0.05, 0) is 26.7 Å². The number of piperidine rings is 1. The van der Waals surface area contributed by atoms with Gasteiger partial charge in [0.05, 0.1) is 22.8 Å². The molecule has 0 unspecified atom stereocenters. The monoisotopic (exact) mass is 378 g/mol. The van der Waals surface area contributed by atoms with E-state index in [0.717, 1.165) is 17.1 Å². The average molecular weight is 378 g/mol.